The van der Waals surface area contributed by atoms with Crippen LogP contribution in [0.1, 0.15) is 29.3 Å². The monoisotopic (exact) mass is 320 g/mol. The Hall–Kier alpha value is -1.42. The Kier molecular flexibility index (Phi) is 3.27. The first kappa shape index (κ1) is 12.6. The number of fused-ring (bicyclic) bond motifs is 1. The third kappa shape index (κ3) is 2.37. The molecule has 98 valence electrons. The van der Waals surface area contributed by atoms with Gasteiger partial charge in [-0.2, -0.15) is 0 Å². The zero-order valence-corrected chi connectivity index (χ0v) is 12.2. The lowest BCUT2D eigenvalue weighted by molar-refractivity contribution is 0.619. The lowest BCUT2D eigenvalue weighted by Crippen LogP contribution is -2.09. The SMILES string of the molecule is Cc1cc(F)c(Br)cc1NC1CCc2cccnc21. The number of nitrogens with zero attached hydrogens (tertiary/aromatic N) is 1. The van der Waals surface area contributed by atoms with Crippen LogP contribution < -0.4 is 5.32 Å². The molecule has 1 heterocycles. The highest BCUT2D eigenvalue weighted by Crippen LogP contribution is 2.34. The molecule has 0 bridgehead atoms. The Morgan fingerprint density at radius 1 is 1.42 bits per heavy atom. The quantitative estimate of drug-likeness (QED) is 0.887. The van der Waals surface area contributed by atoms with Crippen molar-refractivity contribution in [1.29, 1.82) is 0 Å². The van der Waals surface area contributed by atoms with Gasteiger partial charge in [0.15, 0.2) is 0 Å². The molecule has 0 amide bonds. The molecule has 1 aliphatic rings. The summed E-state index contributed by atoms with van der Waals surface area (Å²) in [5.41, 5.74) is 4.28. The van der Waals surface area contributed by atoms with Gasteiger partial charge in [0.05, 0.1) is 16.2 Å². The van der Waals surface area contributed by atoms with Crippen LogP contribution in [0.4, 0.5) is 10.1 Å². The van der Waals surface area contributed by atoms with E-state index in [9.17, 15) is 4.39 Å². The summed E-state index contributed by atoms with van der Waals surface area (Å²) in [7, 11) is 0. The molecule has 1 aromatic heterocycles. The molecule has 0 aliphatic heterocycles. The van der Waals surface area contributed by atoms with Gasteiger partial charge in [-0.3, -0.25) is 4.98 Å². The molecular formula is C15H14BrFN2. The van der Waals surface area contributed by atoms with E-state index in [1.165, 1.54) is 5.56 Å². The van der Waals surface area contributed by atoms with Crippen molar-refractivity contribution in [2.75, 3.05) is 5.32 Å². The third-order valence-electron chi connectivity index (χ3n) is 3.56. The normalized spacial score (nSPS) is 17.3. The van der Waals surface area contributed by atoms with Crippen LogP contribution in [0.15, 0.2) is 34.9 Å². The number of nitrogens with one attached hydrogen (secondary N) is 1. The highest BCUT2D eigenvalue weighted by atomic mass is 79.9. The number of anilines is 1. The van der Waals surface area contributed by atoms with Crippen LogP contribution >= 0.6 is 15.9 Å². The van der Waals surface area contributed by atoms with E-state index in [-0.39, 0.29) is 11.9 Å². The number of aryl methyl sites for hydroxylation is 2. The van der Waals surface area contributed by atoms with E-state index in [1.807, 2.05) is 19.2 Å². The second kappa shape index (κ2) is 4.93. The van der Waals surface area contributed by atoms with Crippen LogP contribution in [0.25, 0.3) is 0 Å². The Labute approximate surface area is 120 Å². The number of halogens is 2. The van der Waals surface area contributed by atoms with Gasteiger partial charge >= 0.3 is 0 Å². The van der Waals surface area contributed by atoms with Crippen LogP contribution in [0.3, 0.4) is 0 Å². The van der Waals surface area contributed by atoms with Gasteiger partial charge < -0.3 is 5.32 Å². The molecule has 0 saturated heterocycles. The molecule has 0 spiro atoms. The Bertz CT molecular complexity index is 628. The maximum atomic E-state index is 13.4. The second-order valence-electron chi connectivity index (χ2n) is 4.86. The van der Waals surface area contributed by atoms with Crippen LogP contribution in [0.5, 0.6) is 0 Å². The minimum absolute atomic E-state index is 0.215. The highest BCUT2D eigenvalue weighted by molar-refractivity contribution is 9.10. The molecule has 1 aliphatic carbocycles. The number of rotatable bonds is 2. The third-order valence-corrected chi connectivity index (χ3v) is 4.16. The Morgan fingerprint density at radius 2 is 2.26 bits per heavy atom. The summed E-state index contributed by atoms with van der Waals surface area (Å²) in [4.78, 5) is 4.46. The average molecular weight is 321 g/mol. The predicted octanol–water partition coefficient (Wildman–Crippen LogP) is 4.39. The van der Waals surface area contributed by atoms with Gasteiger partial charge in [-0.25, -0.2) is 4.39 Å². The summed E-state index contributed by atoms with van der Waals surface area (Å²) in [6.07, 6.45) is 3.90. The van der Waals surface area contributed by atoms with E-state index in [4.69, 9.17) is 0 Å². The topological polar surface area (TPSA) is 24.9 Å². The summed E-state index contributed by atoms with van der Waals surface area (Å²) in [5.74, 6) is -0.229. The molecule has 2 aromatic rings. The van der Waals surface area contributed by atoms with Gasteiger partial charge in [0.2, 0.25) is 0 Å². The first-order valence-electron chi connectivity index (χ1n) is 6.31. The molecule has 2 nitrogen and oxygen atoms in total. The molecule has 0 radical (unpaired) electrons. The molecule has 0 saturated carbocycles. The van der Waals surface area contributed by atoms with Gasteiger partial charge in [-0.05, 0) is 65.0 Å². The van der Waals surface area contributed by atoms with Crippen molar-refractivity contribution in [1.82, 2.24) is 4.98 Å². The van der Waals surface area contributed by atoms with Gasteiger partial charge in [0, 0.05) is 11.9 Å². The zero-order chi connectivity index (χ0) is 13.4. The highest BCUT2D eigenvalue weighted by Gasteiger charge is 2.23. The molecule has 4 heteroatoms. The maximum absolute atomic E-state index is 13.4. The van der Waals surface area contributed by atoms with E-state index in [0.717, 1.165) is 29.8 Å². The number of hydrogen-bond acceptors (Lipinski definition) is 2. The van der Waals surface area contributed by atoms with Gasteiger partial charge in [0.1, 0.15) is 5.82 Å². The first-order chi connectivity index (χ1) is 9.15. The van der Waals surface area contributed by atoms with Crippen LogP contribution in [0, 0.1) is 12.7 Å². The fraction of sp³-hybridized carbons (Fsp3) is 0.267. The molecule has 1 aromatic carbocycles. The molecule has 19 heavy (non-hydrogen) atoms. The number of aromatic nitrogens is 1. The standard InChI is InChI=1S/C15H14BrFN2/c1-9-7-12(17)11(16)8-14(9)19-13-5-4-10-3-2-6-18-15(10)13/h2-3,6-8,13,19H,4-5H2,1H3. The number of pyridine rings is 1. The smallest absolute Gasteiger partial charge is 0.137 e. The maximum Gasteiger partial charge on any atom is 0.137 e. The summed E-state index contributed by atoms with van der Waals surface area (Å²) in [6, 6.07) is 7.65. The average Bonchev–Trinajstić information content (AvgIpc) is 2.80. The molecule has 1 N–H and O–H groups in total. The van der Waals surface area contributed by atoms with Crippen molar-refractivity contribution in [2.24, 2.45) is 0 Å². The van der Waals surface area contributed by atoms with Crippen molar-refractivity contribution in [3.8, 4) is 0 Å². The van der Waals surface area contributed by atoms with Crippen molar-refractivity contribution >= 4 is 21.6 Å². The van der Waals surface area contributed by atoms with Crippen LogP contribution in [0.2, 0.25) is 0 Å². The number of hydrogen-bond donors (Lipinski definition) is 1. The molecule has 1 unspecified atom stereocenters. The van der Waals surface area contributed by atoms with E-state index < -0.39 is 0 Å². The summed E-state index contributed by atoms with van der Waals surface area (Å²) < 4.78 is 13.9. The lowest BCUT2D eigenvalue weighted by atomic mass is 10.1. The number of benzene rings is 1. The summed E-state index contributed by atoms with van der Waals surface area (Å²) >= 11 is 3.23. The minimum Gasteiger partial charge on any atom is -0.376 e. The van der Waals surface area contributed by atoms with Gasteiger partial charge in [-0.15, -0.1) is 0 Å². The fourth-order valence-electron chi connectivity index (χ4n) is 2.54. The van der Waals surface area contributed by atoms with E-state index in [2.05, 4.69) is 32.3 Å². The van der Waals surface area contributed by atoms with Crippen molar-refractivity contribution in [3.05, 3.63) is 57.6 Å². The second-order valence-corrected chi connectivity index (χ2v) is 5.72. The fourth-order valence-corrected chi connectivity index (χ4v) is 2.89. The molecule has 0 fully saturated rings. The summed E-state index contributed by atoms with van der Waals surface area (Å²) in [5, 5.41) is 3.47. The minimum atomic E-state index is -0.229. The molecular weight excluding hydrogens is 307 g/mol. The van der Waals surface area contributed by atoms with Crippen molar-refractivity contribution in [2.45, 2.75) is 25.8 Å². The van der Waals surface area contributed by atoms with Crippen molar-refractivity contribution < 1.29 is 4.39 Å². The van der Waals surface area contributed by atoms with Crippen molar-refractivity contribution in [3.63, 3.8) is 0 Å². The van der Waals surface area contributed by atoms with E-state index in [1.54, 1.807) is 12.1 Å². The predicted molar refractivity (Wildman–Crippen MR) is 77.8 cm³/mol. The molecule has 1 atom stereocenters. The largest absolute Gasteiger partial charge is 0.376 e. The summed E-state index contributed by atoms with van der Waals surface area (Å²) in [6.45, 7) is 1.91. The van der Waals surface area contributed by atoms with Gasteiger partial charge in [-0.1, -0.05) is 6.07 Å². The van der Waals surface area contributed by atoms with Crippen LogP contribution in [-0.4, -0.2) is 4.98 Å². The van der Waals surface area contributed by atoms with Gasteiger partial charge in [0.25, 0.3) is 0 Å². The van der Waals surface area contributed by atoms with Crippen LogP contribution in [-0.2, 0) is 6.42 Å². The zero-order valence-electron chi connectivity index (χ0n) is 10.6. The lowest BCUT2D eigenvalue weighted by Gasteiger charge is -2.17. The van der Waals surface area contributed by atoms with E-state index >= 15 is 0 Å². The Balaban J connectivity index is 1.89. The Morgan fingerprint density at radius 3 is 3.11 bits per heavy atom. The molecule has 3 rings (SSSR count). The first-order valence-corrected chi connectivity index (χ1v) is 7.10. The van der Waals surface area contributed by atoms with E-state index in [0.29, 0.717) is 4.47 Å².